The molecule has 1 atom stereocenters. The van der Waals surface area contributed by atoms with Crippen LogP contribution in [-0.2, 0) is 26.2 Å². The lowest BCUT2D eigenvalue weighted by Gasteiger charge is -2.31. The molecule has 0 saturated carbocycles. The highest BCUT2D eigenvalue weighted by atomic mass is 35.5. The Bertz CT molecular complexity index is 1090. The van der Waals surface area contributed by atoms with Crippen molar-refractivity contribution >= 4 is 39.1 Å². The van der Waals surface area contributed by atoms with Gasteiger partial charge in [-0.05, 0) is 50.5 Å². The number of nitrogens with zero attached hydrogens (tertiary/aromatic N) is 2. The molecule has 0 saturated heterocycles. The number of sulfonamides is 1. The van der Waals surface area contributed by atoms with E-state index in [0.717, 1.165) is 33.7 Å². The largest absolute Gasteiger partial charge is 0.354 e. The van der Waals surface area contributed by atoms with Gasteiger partial charge in [-0.25, -0.2) is 8.42 Å². The third-order valence-electron chi connectivity index (χ3n) is 5.31. The van der Waals surface area contributed by atoms with Gasteiger partial charge in [0.1, 0.15) is 12.6 Å². The molecular formula is C24H32ClN3O4S. The van der Waals surface area contributed by atoms with Crippen LogP contribution in [0.25, 0.3) is 0 Å². The van der Waals surface area contributed by atoms with Gasteiger partial charge in [0.05, 0.1) is 11.9 Å². The quantitative estimate of drug-likeness (QED) is 0.547. The van der Waals surface area contributed by atoms with Crippen LogP contribution in [0.15, 0.2) is 42.5 Å². The number of anilines is 1. The molecule has 180 valence electrons. The summed E-state index contributed by atoms with van der Waals surface area (Å²) in [5, 5.41) is 3.21. The molecule has 1 N–H and O–H groups in total. The molecule has 9 heteroatoms. The fourth-order valence-corrected chi connectivity index (χ4v) is 4.24. The summed E-state index contributed by atoms with van der Waals surface area (Å²) < 4.78 is 26.1. The monoisotopic (exact) mass is 493 g/mol. The van der Waals surface area contributed by atoms with Gasteiger partial charge in [-0.1, -0.05) is 54.4 Å². The highest BCUT2D eigenvalue weighted by Gasteiger charge is 2.30. The third kappa shape index (κ3) is 7.47. The van der Waals surface area contributed by atoms with Crippen LogP contribution in [0.4, 0.5) is 5.69 Å². The Morgan fingerprint density at radius 2 is 1.73 bits per heavy atom. The van der Waals surface area contributed by atoms with Gasteiger partial charge in [0.25, 0.3) is 0 Å². The molecule has 2 aromatic carbocycles. The number of halogens is 1. The standard InChI is InChI=1S/C24H32ClN3O4S/c1-6-13-26-24(30)19(4)27(15-20-10-7-17(2)8-11-20)23(29)16-28(33(5,31)32)21-12-9-18(3)22(25)14-21/h7-12,14,19H,6,13,15-16H2,1-5H3,(H,26,30)/t19-/m1/s1. The summed E-state index contributed by atoms with van der Waals surface area (Å²) in [6.07, 6.45) is 1.80. The first-order valence-corrected chi connectivity index (χ1v) is 13.0. The van der Waals surface area contributed by atoms with Crippen molar-refractivity contribution in [1.82, 2.24) is 10.2 Å². The van der Waals surface area contributed by atoms with Gasteiger partial charge in [0.15, 0.2) is 0 Å². The van der Waals surface area contributed by atoms with Crippen LogP contribution in [-0.4, -0.2) is 50.5 Å². The molecule has 7 nitrogen and oxygen atoms in total. The molecule has 2 aromatic rings. The predicted molar refractivity (Wildman–Crippen MR) is 133 cm³/mol. The van der Waals surface area contributed by atoms with Gasteiger partial charge in [0.2, 0.25) is 21.8 Å². The van der Waals surface area contributed by atoms with Crippen molar-refractivity contribution < 1.29 is 18.0 Å². The lowest BCUT2D eigenvalue weighted by Crippen LogP contribution is -2.51. The molecule has 0 bridgehead atoms. The topological polar surface area (TPSA) is 86.8 Å². The maximum absolute atomic E-state index is 13.4. The molecular weight excluding hydrogens is 462 g/mol. The second kappa shape index (κ2) is 11.5. The molecule has 0 radical (unpaired) electrons. The molecule has 2 amide bonds. The molecule has 0 fully saturated rings. The van der Waals surface area contributed by atoms with Gasteiger partial charge < -0.3 is 10.2 Å². The minimum absolute atomic E-state index is 0.173. The van der Waals surface area contributed by atoms with Gasteiger partial charge >= 0.3 is 0 Å². The second-order valence-corrected chi connectivity index (χ2v) is 10.5. The summed E-state index contributed by atoms with van der Waals surface area (Å²) in [6, 6.07) is 11.7. The van der Waals surface area contributed by atoms with Crippen LogP contribution < -0.4 is 9.62 Å². The van der Waals surface area contributed by atoms with Crippen LogP contribution in [0.2, 0.25) is 5.02 Å². The Kier molecular flexibility index (Phi) is 9.31. The van der Waals surface area contributed by atoms with Crippen molar-refractivity contribution in [2.45, 2.75) is 46.7 Å². The van der Waals surface area contributed by atoms with E-state index in [0.29, 0.717) is 17.3 Å². The summed E-state index contributed by atoms with van der Waals surface area (Å²) in [4.78, 5) is 27.5. The van der Waals surface area contributed by atoms with Crippen LogP contribution in [0.5, 0.6) is 0 Å². The Balaban J connectivity index is 2.38. The molecule has 0 aliphatic heterocycles. The lowest BCUT2D eigenvalue weighted by atomic mass is 10.1. The average Bonchev–Trinajstić information content (AvgIpc) is 2.76. The number of carbonyl (C=O) groups is 2. The Labute approximate surface area is 201 Å². The number of rotatable bonds is 10. The summed E-state index contributed by atoms with van der Waals surface area (Å²) >= 11 is 6.20. The van der Waals surface area contributed by atoms with E-state index in [1.165, 1.54) is 11.0 Å². The van der Waals surface area contributed by atoms with Gasteiger partial charge in [0, 0.05) is 18.1 Å². The van der Waals surface area contributed by atoms with Crippen molar-refractivity contribution in [2.24, 2.45) is 0 Å². The second-order valence-electron chi connectivity index (χ2n) is 8.18. The van der Waals surface area contributed by atoms with E-state index in [9.17, 15) is 18.0 Å². The van der Waals surface area contributed by atoms with Crippen molar-refractivity contribution in [3.8, 4) is 0 Å². The minimum atomic E-state index is -3.79. The van der Waals surface area contributed by atoms with E-state index in [4.69, 9.17) is 11.6 Å². The van der Waals surface area contributed by atoms with Gasteiger partial charge in [-0.2, -0.15) is 0 Å². The van der Waals surface area contributed by atoms with Crippen LogP contribution >= 0.6 is 11.6 Å². The highest BCUT2D eigenvalue weighted by Crippen LogP contribution is 2.25. The maximum atomic E-state index is 13.4. The molecule has 0 heterocycles. The molecule has 0 unspecified atom stereocenters. The minimum Gasteiger partial charge on any atom is -0.354 e. The van der Waals surface area contributed by atoms with E-state index in [1.54, 1.807) is 19.1 Å². The van der Waals surface area contributed by atoms with Gasteiger partial charge in [-0.15, -0.1) is 0 Å². The Hall–Kier alpha value is -2.58. The lowest BCUT2D eigenvalue weighted by molar-refractivity contribution is -0.139. The Morgan fingerprint density at radius 3 is 2.27 bits per heavy atom. The van der Waals surface area contributed by atoms with Crippen LogP contribution in [0.3, 0.4) is 0 Å². The predicted octanol–water partition coefficient (Wildman–Crippen LogP) is 3.67. The number of aryl methyl sites for hydroxylation is 2. The smallest absolute Gasteiger partial charge is 0.244 e. The number of hydrogen-bond acceptors (Lipinski definition) is 4. The fraction of sp³-hybridized carbons (Fsp3) is 0.417. The molecule has 2 rings (SSSR count). The van der Waals surface area contributed by atoms with Crippen molar-refractivity contribution in [2.75, 3.05) is 23.7 Å². The number of amides is 2. The van der Waals surface area contributed by atoms with E-state index >= 15 is 0 Å². The number of benzene rings is 2. The summed E-state index contributed by atoms with van der Waals surface area (Å²) in [5.41, 5.74) is 3.00. The molecule has 0 aliphatic carbocycles. The first-order chi connectivity index (χ1) is 15.4. The van der Waals surface area contributed by atoms with Crippen molar-refractivity contribution in [1.29, 1.82) is 0 Å². The van der Waals surface area contributed by atoms with Crippen molar-refractivity contribution in [3.05, 3.63) is 64.2 Å². The zero-order valence-electron chi connectivity index (χ0n) is 19.8. The first-order valence-electron chi connectivity index (χ1n) is 10.8. The highest BCUT2D eigenvalue weighted by molar-refractivity contribution is 7.92. The molecule has 33 heavy (non-hydrogen) atoms. The van der Waals surface area contributed by atoms with E-state index in [-0.39, 0.29) is 12.5 Å². The fourth-order valence-electron chi connectivity index (χ4n) is 3.22. The average molecular weight is 494 g/mol. The summed E-state index contributed by atoms with van der Waals surface area (Å²) in [5.74, 6) is -0.779. The summed E-state index contributed by atoms with van der Waals surface area (Å²) in [6.45, 7) is 7.57. The molecule has 0 aliphatic rings. The zero-order valence-corrected chi connectivity index (χ0v) is 21.3. The number of nitrogens with one attached hydrogen (secondary N) is 1. The van der Waals surface area contributed by atoms with Crippen molar-refractivity contribution in [3.63, 3.8) is 0 Å². The van der Waals surface area contributed by atoms with E-state index in [2.05, 4.69) is 5.32 Å². The first kappa shape index (κ1) is 26.7. The van der Waals surface area contributed by atoms with Crippen LogP contribution in [0, 0.1) is 13.8 Å². The molecule has 0 spiro atoms. The van der Waals surface area contributed by atoms with E-state index in [1.807, 2.05) is 45.0 Å². The maximum Gasteiger partial charge on any atom is 0.244 e. The number of hydrogen-bond donors (Lipinski definition) is 1. The van der Waals surface area contributed by atoms with Gasteiger partial charge in [-0.3, -0.25) is 13.9 Å². The zero-order chi connectivity index (χ0) is 24.8. The summed E-state index contributed by atoms with van der Waals surface area (Å²) in [7, 11) is -3.79. The third-order valence-corrected chi connectivity index (χ3v) is 6.86. The normalized spacial score (nSPS) is 12.2. The van der Waals surface area contributed by atoms with E-state index < -0.39 is 28.5 Å². The number of carbonyl (C=O) groups excluding carboxylic acids is 2. The van der Waals surface area contributed by atoms with Crippen LogP contribution in [0.1, 0.15) is 37.0 Å². The SMILES string of the molecule is CCCNC(=O)[C@@H](C)N(Cc1ccc(C)cc1)C(=O)CN(c1ccc(C)c(Cl)c1)S(C)(=O)=O. The molecule has 0 aromatic heterocycles. The Morgan fingerprint density at radius 1 is 1.09 bits per heavy atom.